The highest BCUT2D eigenvalue weighted by Gasteiger charge is 2.18. The highest BCUT2D eigenvalue weighted by atomic mass is 32.2. The summed E-state index contributed by atoms with van der Waals surface area (Å²) in [6, 6.07) is 13.9. The molecule has 0 radical (unpaired) electrons. The number of nitrogens with zero attached hydrogens (tertiary/aromatic N) is 3. The molecule has 0 N–H and O–H groups in total. The average molecular weight is 369 g/mol. The van der Waals surface area contributed by atoms with Crippen molar-refractivity contribution in [2.24, 2.45) is 0 Å². The molecule has 1 atom stereocenters. The van der Waals surface area contributed by atoms with Crippen molar-refractivity contribution < 1.29 is 4.92 Å². The first-order chi connectivity index (χ1) is 12.5. The van der Waals surface area contributed by atoms with Crippen molar-refractivity contribution in [2.75, 3.05) is 0 Å². The van der Waals surface area contributed by atoms with E-state index in [1.54, 1.807) is 28.8 Å². The van der Waals surface area contributed by atoms with Crippen LogP contribution >= 0.6 is 11.8 Å². The minimum absolute atomic E-state index is 0.00661. The Morgan fingerprint density at radius 3 is 2.62 bits per heavy atom. The standard InChI is InChI=1S/C19H19N3O3S/c1-3-13(2)21-18(23)15-9-5-6-10-16(15)20-19(21)26-12-14-8-4-7-11-17(14)22(24)25/h4-11,13H,3,12H2,1-2H3/t13-/m0/s1. The largest absolute Gasteiger partial charge is 0.284 e. The first-order valence-corrected chi connectivity index (χ1v) is 9.37. The Balaban J connectivity index is 2.05. The highest BCUT2D eigenvalue weighted by Crippen LogP contribution is 2.28. The molecule has 6 nitrogen and oxygen atoms in total. The molecule has 7 heteroatoms. The lowest BCUT2D eigenvalue weighted by molar-refractivity contribution is -0.385. The van der Waals surface area contributed by atoms with E-state index < -0.39 is 0 Å². The van der Waals surface area contributed by atoms with Crippen molar-refractivity contribution in [1.82, 2.24) is 9.55 Å². The molecular weight excluding hydrogens is 350 g/mol. The van der Waals surface area contributed by atoms with E-state index in [2.05, 4.69) is 4.98 Å². The minimum atomic E-state index is -0.383. The summed E-state index contributed by atoms with van der Waals surface area (Å²) in [6.45, 7) is 4.00. The van der Waals surface area contributed by atoms with Crippen molar-refractivity contribution in [1.29, 1.82) is 0 Å². The van der Waals surface area contributed by atoms with Gasteiger partial charge in [-0.25, -0.2) is 4.98 Å². The van der Waals surface area contributed by atoms with Gasteiger partial charge in [-0.3, -0.25) is 19.5 Å². The van der Waals surface area contributed by atoms with Crippen LogP contribution in [0.25, 0.3) is 10.9 Å². The maximum atomic E-state index is 12.9. The van der Waals surface area contributed by atoms with Crippen molar-refractivity contribution in [2.45, 2.75) is 37.2 Å². The first-order valence-electron chi connectivity index (χ1n) is 8.39. The number of hydrogen-bond donors (Lipinski definition) is 0. The molecule has 0 saturated carbocycles. The van der Waals surface area contributed by atoms with Crippen molar-refractivity contribution in [3.8, 4) is 0 Å². The molecule has 0 fully saturated rings. The van der Waals surface area contributed by atoms with E-state index in [-0.39, 0.29) is 22.2 Å². The molecule has 0 aliphatic heterocycles. The molecule has 1 heterocycles. The fourth-order valence-corrected chi connectivity index (χ4v) is 3.85. The second-order valence-corrected chi connectivity index (χ2v) is 6.96. The molecule has 0 unspecified atom stereocenters. The maximum absolute atomic E-state index is 12.9. The summed E-state index contributed by atoms with van der Waals surface area (Å²) >= 11 is 1.35. The van der Waals surface area contributed by atoms with E-state index in [0.717, 1.165) is 6.42 Å². The molecular formula is C19H19N3O3S. The second kappa shape index (κ2) is 7.70. The summed E-state index contributed by atoms with van der Waals surface area (Å²) < 4.78 is 1.70. The molecule has 0 aliphatic rings. The maximum Gasteiger partial charge on any atom is 0.273 e. The normalized spacial score (nSPS) is 12.2. The Bertz CT molecular complexity index is 1020. The number of nitro groups is 1. The monoisotopic (exact) mass is 369 g/mol. The Morgan fingerprint density at radius 1 is 1.19 bits per heavy atom. The number of hydrogen-bond acceptors (Lipinski definition) is 5. The van der Waals surface area contributed by atoms with Gasteiger partial charge in [0.2, 0.25) is 0 Å². The van der Waals surface area contributed by atoms with Crippen LogP contribution in [0, 0.1) is 10.1 Å². The van der Waals surface area contributed by atoms with E-state index in [9.17, 15) is 14.9 Å². The zero-order chi connectivity index (χ0) is 18.7. The number of aromatic nitrogens is 2. The van der Waals surface area contributed by atoms with Gasteiger partial charge in [-0.15, -0.1) is 0 Å². The van der Waals surface area contributed by atoms with Gasteiger partial charge in [0, 0.05) is 23.4 Å². The minimum Gasteiger partial charge on any atom is -0.284 e. The zero-order valence-corrected chi connectivity index (χ0v) is 15.4. The second-order valence-electron chi connectivity index (χ2n) is 6.02. The summed E-state index contributed by atoms with van der Waals surface area (Å²) in [5, 5.41) is 12.4. The highest BCUT2D eigenvalue weighted by molar-refractivity contribution is 7.98. The fraction of sp³-hybridized carbons (Fsp3) is 0.263. The van der Waals surface area contributed by atoms with Gasteiger partial charge in [0.15, 0.2) is 5.16 Å². The van der Waals surface area contributed by atoms with E-state index in [4.69, 9.17) is 0 Å². The molecule has 0 spiro atoms. The van der Waals surface area contributed by atoms with Crippen molar-refractivity contribution >= 4 is 28.4 Å². The molecule has 134 valence electrons. The number of para-hydroxylation sites is 2. The third kappa shape index (κ3) is 3.48. The number of thioether (sulfide) groups is 1. The lowest BCUT2D eigenvalue weighted by Crippen LogP contribution is -2.26. The average Bonchev–Trinajstić information content (AvgIpc) is 2.66. The summed E-state index contributed by atoms with van der Waals surface area (Å²) in [5.41, 5.74) is 1.26. The summed E-state index contributed by atoms with van der Waals surface area (Å²) in [5.74, 6) is 0.373. The van der Waals surface area contributed by atoms with Crippen LogP contribution in [-0.4, -0.2) is 14.5 Å². The van der Waals surface area contributed by atoms with Gasteiger partial charge in [0.05, 0.1) is 15.8 Å². The molecule has 0 amide bonds. The summed E-state index contributed by atoms with van der Waals surface area (Å²) in [6.07, 6.45) is 0.791. The molecule has 0 saturated heterocycles. The smallest absolute Gasteiger partial charge is 0.273 e. The SMILES string of the molecule is CC[C@H](C)n1c(SCc2ccccc2[N+](=O)[O-])nc2ccccc2c1=O. The van der Waals surface area contributed by atoms with E-state index in [0.29, 0.717) is 27.4 Å². The zero-order valence-electron chi connectivity index (χ0n) is 14.6. The van der Waals surface area contributed by atoms with E-state index >= 15 is 0 Å². The van der Waals surface area contributed by atoms with Crippen LogP contribution in [0.15, 0.2) is 58.5 Å². The van der Waals surface area contributed by atoms with E-state index in [1.165, 1.54) is 17.8 Å². The van der Waals surface area contributed by atoms with Gasteiger partial charge in [0.25, 0.3) is 11.2 Å². The summed E-state index contributed by atoms with van der Waals surface area (Å²) in [7, 11) is 0. The van der Waals surface area contributed by atoms with Gasteiger partial charge in [-0.2, -0.15) is 0 Å². The van der Waals surface area contributed by atoms with Crippen LogP contribution in [0.1, 0.15) is 31.9 Å². The van der Waals surface area contributed by atoms with Gasteiger partial charge < -0.3 is 0 Å². The number of benzene rings is 2. The van der Waals surface area contributed by atoms with Gasteiger partial charge in [-0.1, -0.05) is 49.0 Å². The van der Waals surface area contributed by atoms with Crippen LogP contribution in [0.4, 0.5) is 5.69 Å². The third-order valence-electron chi connectivity index (χ3n) is 4.35. The lowest BCUT2D eigenvalue weighted by atomic mass is 10.2. The Kier molecular flexibility index (Phi) is 5.37. The molecule has 3 rings (SSSR count). The van der Waals surface area contributed by atoms with E-state index in [1.807, 2.05) is 32.0 Å². The Hall–Kier alpha value is -2.67. The fourth-order valence-electron chi connectivity index (χ4n) is 2.75. The third-order valence-corrected chi connectivity index (χ3v) is 5.35. The van der Waals surface area contributed by atoms with Gasteiger partial charge in [-0.05, 0) is 25.5 Å². The van der Waals surface area contributed by atoms with Crippen LogP contribution in [0.5, 0.6) is 0 Å². The van der Waals surface area contributed by atoms with Crippen molar-refractivity contribution in [3.63, 3.8) is 0 Å². The molecule has 0 aliphatic carbocycles. The molecule has 1 aromatic heterocycles. The lowest BCUT2D eigenvalue weighted by Gasteiger charge is -2.18. The molecule has 0 bridgehead atoms. The van der Waals surface area contributed by atoms with Crippen LogP contribution in [0.2, 0.25) is 0 Å². The predicted octanol–water partition coefficient (Wildman–Crippen LogP) is 4.57. The Labute approximate surface area is 155 Å². The van der Waals surface area contributed by atoms with Gasteiger partial charge >= 0.3 is 0 Å². The molecule has 3 aromatic rings. The van der Waals surface area contributed by atoms with Crippen LogP contribution in [-0.2, 0) is 5.75 Å². The molecule has 26 heavy (non-hydrogen) atoms. The van der Waals surface area contributed by atoms with Crippen molar-refractivity contribution in [3.05, 3.63) is 74.6 Å². The van der Waals surface area contributed by atoms with Crippen LogP contribution in [0.3, 0.4) is 0 Å². The quantitative estimate of drug-likeness (QED) is 0.275. The first kappa shape index (κ1) is 18.1. The number of nitro benzene ring substituents is 1. The van der Waals surface area contributed by atoms with Crippen LogP contribution < -0.4 is 5.56 Å². The predicted molar refractivity (Wildman–Crippen MR) is 104 cm³/mol. The number of fused-ring (bicyclic) bond motifs is 1. The van der Waals surface area contributed by atoms with Gasteiger partial charge in [0.1, 0.15) is 0 Å². The topological polar surface area (TPSA) is 78.0 Å². The Morgan fingerprint density at radius 2 is 1.88 bits per heavy atom. The summed E-state index contributed by atoms with van der Waals surface area (Å²) in [4.78, 5) is 28.4. The molecule has 2 aromatic carbocycles. The number of rotatable bonds is 6.